The average molecular weight is 316 g/mol. The maximum atomic E-state index is 13.1. The van der Waals surface area contributed by atoms with Crippen LogP contribution in [0.25, 0.3) is 0 Å². The van der Waals surface area contributed by atoms with Gasteiger partial charge in [0.2, 0.25) is 0 Å². The molecule has 4 rings (SSSR count). The zero-order chi connectivity index (χ0) is 14.3. The van der Waals surface area contributed by atoms with Gasteiger partial charge >= 0.3 is 0 Å². The first kappa shape index (κ1) is 14.0. The van der Waals surface area contributed by atoms with E-state index in [1.54, 1.807) is 0 Å². The Labute approximate surface area is 135 Å². The van der Waals surface area contributed by atoms with Crippen LogP contribution >= 0.6 is 23.5 Å². The summed E-state index contributed by atoms with van der Waals surface area (Å²) < 4.78 is 1.35. The summed E-state index contributed by atoms with van der Waals surface area (Å²) >= 11 is 3.84. The van der Waals surface area contributed by atoms with Crippen LogP contribution in [0.5, 0.6) is 0 Å². The van der Waals surface area contributed by atoms with E-state index in [9.17, 15) is 4.79 Å². The Bertz CT molecular complexity index is 584. The number of ketones is 1. The molecule has 21 heavy (non-hydrogen) atoms. The van der Waals surface area contributed by atoms with E-state index >= 15 is 0 Å². The summed E-state index contributed by atoms with van der Waals surface area (Å²) in [7, 11) is 0. The first-order chi connectivity index (χ1) is 10.3. The molecule has 3 fully saturated rings. The van der Waals surface area contributed by atoms with Crippen LogP contribution in [0, 0.1) is 5.41 Å². The summed E-state index contributed by atoms with van der Waals surface area (Å²) in [5, 5.41) is 0. The summed E-state index contributed by atoms with van der Waals surface area (Å²) in [5.41, 5.74) is 2.50. The highest BCUT2D eigenvalue weighted by Gasteiger charge is 2.61. The lowest BCUT2D eigenvalue weighted by molar-refractivity contribution is -0.122. The molecule has 1 aromatic carbocycles. The average Bonchev–Trinajstić information content (AvgIpc) is 3.27. The molecule has 0 bridgehead atoms. The second kappa shape index (κ2) is 5.51. The van der Waals surface area contributed by atoms with Crippen molar-refractivity contribution < 1.29 is 4.79 Å². The van der Waals surface area contributed by atoms with Crippen molar-refractivity contribution in [3.63, 3.8) is 0 Å². The minimum Gasteiger partial charge on any atom is -0.294 e. The van der Waals surface area contributed by atoms with Crippen molar-refractivity contribution in [1.29, 1.82) is 0 Å². The highest BCUT2D eigenvalue weighted by molar-refractivity contribution is 8.22. The molecule has 3 aliphatic rings. The molecule has 0 radical (unpaired) electrons. The third-order valence-corrected chi connectivity index (χ3v) is 7.76. The van der Waals surface area contributed by atoms with Gasteiger partial charge in [0.25, 0.3) is 0 Å². The molecule has 0 unspecified atom stereocenters. The lowest BCUT2D eigenvalue weighted by Gasteiger charge is -2.27. The fourth-order valence-electron chi connectivity index (χ4n) is 3.86. The normalized spacial score (nSPS) is 32.6. The summed E-state index contributed by atoms with van der Waals surface area (Å²) in [5.74, 6) is 3.34. The third-order valence-electron chi connectivity index (χ3n) is 5.05. The minimum atomic E-state index is -0.0412. The van der Waals surface area contributed by atoms with Crippen LogP contribution in [0.2, 0.25) is 0 Å². The van der Waals surface area contributed by atoms with E-state index in [1.165, 1.54) is 39.7 Å². The molecule has 1 spiro atoms. The smallest absolute Gasteiger partial charge is 0.167 e. The van der Waals surface area contributed by atoms with Gasteiger partial charge in [-0.2, -0.15) is 0 Å². The Morgan fingerprint density at radius 2 is 1.81 bits per heavy atom. The first-order valence-electron chi connectivity index (χ1n) is 7.90. The molecule has 1 heterocycles. The zero-order valence-electron chi connectivity index (χ0n) is 12.1. The van der Waals surface area contributed by atoms with Crippen molar-refractivity contribution in [3.8, 4) is 0 Å². The van der Waals surface area contributed by atoms with E-state index in [0.29, 0.717) is 11.7 Å². The van der Waals surface area contributed by atoms with E-state index in [-0.39, 0.29) is 5.41 Å². The molecule has 0 aromatic heterocycles. The second-order valence-electron chi connectivity index (χ2n) is 6.32. The van der Waals surface area contributed by atoms with Crippen LogP contribution in [0.4, 0.5) is 0 Å². The van der Waals surface area contributed by atoms with Gasteiger partial charge in [0.05, 0.1) is 0 Å². The van der Waals surface area contributed by atoms with Gasteiger partial charge in [-0.1, -0.05) is 30.3 Å². The van der Waals surface area contributed by atoms with E-state index in [1.807, 2.05) is 23.5 Å². The standard InChI is InChI=1S/C18H20OS2/c19-16-14(17-20-10-5-11-21-17)8-4-9-18(16)12-15(18)13-6-2-1-3-7-13/h1-3,6-7,15H,4-5,8-12H2/t15-,18-/m0/s1. The molecular formula is C18H20OS2. The van der Waals surface area contributed by atoms with Crippen LogP contribution in [0.15, 0.2) is 40.1 Å². The van der Waals surface area contributed by atoms with E-state index < -0.39 is 0 Å². The Morgan fingerprint density at radius 1 is 1.05 bits per heavy atom. The van der Waals surface area contributed by atoms with Crippen molar-refractivity contribution >= 4 is 29.3 Å². The number of allylic oxidation sites excluding steroid dienone is 1. The molecule has 1 saturated heterocycles. The molecular weight excluding hydrogens is 296 g/mol. The van der Waals surface area contributed by atoms with Crippen molar-refractivity contribution in [2.24, 2.45) is 5.41 Å². The number of Topliss-reactive ketones (excluding diaryl/α,β-unsaturated/α-hetero) is 1. The number of thioether (sulfide) groups is 2. The predicted molar refractivity (Wildman–Crippen MR) is 91.7 cm³/mol. The first-order valence-corrected chi connectivity index (χ1v) is 9.87. The summed E-state index contributed by atoms with van der Waals surface area (Å²) in [6.07, 6.45) is 5.64. The van der Waals surface area contributed by atoms with Gasteiger partial charge in [-0.3, -0.25) is 4.79 Å². The molecule has 2 atom stereocenters. The Kier molecular flexibility index (Phi) is 3.66. The van der Waals surface area contributed by atoms with Crippen molar-refractivity contribution in [2.75, 3.05) is 11.5 Å². The Balaban J connectivity index is 1.62. The number of hydrogen-bond acceptors (Lipinski definition) is 3. The van der Waals surface area contributed by atoms with E-state index in [0.717, 1.165) is 19.3 Å². The van der Waals surface area contributed by atoms with Crippen molar-refractivity contribution in [3.05, 3.63) is 45.7 Å². The van der Waals surface area contributed by atoms with Crippen LogP contribution in [0.3, 0.4) is 0 Å². The molecule has 0 amide bonds. The van der Waals surface area contributed by atoms with Gasteiger partial charge in [-0.15, -0.1) is 23.5 Å². The van der Waals surface area contributed by atoms with Gasteiger partial charge in [0, 0.05) is 15.2 Å². The van der Waals surface area contributed by atoms with E-state index in [2.05, 4.69) is 30.3 Å². The van der Waals surface area contributed by atoms with Crippen molar-refractivity contribution in [1.82, 2.24) is 0 Å². The largest absolute Gasteiger partial charge is 0.294 e. The van der Waals surface area contributed by atoms with Crippen LogP contribution < -0.4 is 0 Å². The van der Waals surface area contributed by atoms with Crippen molar-refractivity contribution in [2.45, 2.75) is 38.0 Å². The second-order valence-corrected chi connectivity index (χ2v) is 8.79. The molecule has 0 N–H and O–H groups in total. The van der Waals surface area contributed by atoms with Gasteiger partial charge in [0.1, 0.15) is 0 Å². The number of carbonyl (C=O) groups is 1. The lowest BCUT2D eigenvalue weighted by atomic mass is 9.79. The third kappa shape index (κ3) is 2.39. The molecule has 2 saturated carbocycles. The topological polar surface area (TPSA) is 17.1 Å². The number of rotatable bonds is 1. The molecule has 1 nitrogen and oxygen atoms in total. The van der Waals surface area contributed by atoms with Gasteiger partial charge in [0.15, 0.2) is 5.78 Å². The van der Waals surface area contributed by atoms with Gasteiger partial charge in [-0.25, -0.2) is 0 Å². The van der Waals surface area contributed by atoms with E-state index in [4.69, 9.17) is 0 Å². The van der Waals surface area contributed by atoms with Crippen LogP contribution in [-0.2, 0) is 4.79 Å². The van der Waals surface area contributed by atoms with Crippen LogP contribution in [0.1, 0.15) is 43.6 Å². The van der Waals surface area contributed by atoms with Crippen LogP contribution in [-0.4, -0.2) is 17.3 Å². The molecule has 2 aliphatic carbocycles. The predicted octanol–water partition coefficient (Wildman–Crippen LogP) is 5.00. The molecule has 3 heteroatoms. The van der Waals surface area contributed by atoms with Gasteiger partial charge < -0.3 is 0 Å². The fourth-order valence-corrected chi connectivity index (χ4v) is 6.56. The quantitative estimate of drug-likeness (QED) is 0.679. The minimum absolute atomic E-state index is 0.0412. The summed E-state index contributed by atoms with van der Waals surface area (Å²) in [6.45, 7) is 0. The summed E-state index contributed by atoms with van der Waals surface area (Å²) in [6, 6.07) is 10.6. The Morgan fingerprint density at radius 3 is 2.57 bits per heavy atom. The fraction of sp³-hybridized carbons (Fsp3) is 0.500. The SMILES string of the molecule is O=C1C(=C2SCCCS2)CCC[C@@]12C[C@H]2c1ccccc1. The van der Waals surface area contributed by atoms with Gasteiger partial charge in [-0.05, 0) is 55.1 Å². The zero-order valence-corrected chi connectivity index (χ0v) is 13.8. The number of carbonyl (C=O) groups excluding carboxylic acids is 1. The monoisotopic (exact) mass is 316 g/mol. The number of hydrogen-bond donors (Lipinski definition) is 0. The maximum Gasteiger partial charge on any atom is 0.167 e. The molecule has 110 valence electrons. The highest BCUT2D eigenvalue weighted by Crippen LogP contribution is 2.66. The maximum absolute atomic E-state index is 13.1. The molecule has 1 aromatic rings. The summed E-state index contributed by atoms with van der Waals surface area (Å²) in [4.78, 5) is 13.1. The molecule has 1 aliphatic heterocycles. The number of benzene rings is 1. The highest BCUT2D eigenvalue weighted by atomic mass is 32.2. The Hall–Kier alpha value is -0.670. The lowest BCUT2D eigenvalue weighted by Crippen LogP contribution is -2.25.